The highest BCUT2D eigenvalue weighted by Gasteiger charge is 2.30. The van der Waals surface area contributed by atoms with Crippen LogP contribution in [-0.4, -0.2) is 96.9 Å². The molecular formula is C43H36N10O10S3. The number of aryl methyl sites for hydroxylation is 2. The number of allylic oxidation sites excluding steroid dienone is 2. The van der Waals surface area contributed by atoms with Crippen LogP contribution in [0.5, 0.6) is 0 Å². The first-order chi connectivity index (χ1) is 31.4. The molecule has 3 aliphatic rings. The highest BCUT2D eigenvalue weighted by molar-refractivity contribution is 8.22. The quantitative estimate of drug-likeness (QED) is 0.0540. The number of hydrogen-bond donors (Lipinski definition) is 8. The van der Waals surface area contributed by atoms with Crippen LogP contribution in [-0.2, 0) is 39.5 Å². The summed E-state index contributed by atoms with van der Waals surface area (Å²) < 4.78 is 100. The number of benzene rings is 3. The molecule has 66 heavy (non-hydrogen) atoms. The van der Waals surface area contributed by atoms with Crippen molar-refractivity contribution in [1.29, 1.82) is 0 Å². The first kappa shape index (κ1) is 43.1. The lowest BCUT2D eigenvalue weighted by molar-refractivity contribution is 0.0953. The third-order valence-corrected chi connectivity index (χ3v) is 14.1. The molecule has 1 aliphatic carbocycles. The van der Waals surface area contributed by atoms with E-state index in [1.165, 1.54) is 30.3 Å². The number of carbonyl (C=O) groups excluding carboxylic acids is 1. The van der Waals surface area contributed by atoms with Crippen LogP contribution in [0.25, 0.3) is 78.9 Å². The molecular weight excluding hydrogens is 913 g/mol. The summed E-state index contributed by atoms with van der Waals surface area (Å²) in [6, 6.07) is 16.4. The highest BCUT2D eigenvalue weighted by Crippen LogP contribution is 2.48. The molecule has 3 aromatic carbocycles. The summed E-state index contributed by atoms with van der Waals surface area (Å²) >= 11 is 0. The molecule has 0 radical (unpaired) electrons. The molecule has 10 rings (SSSR count). The largest absolute Gasteiger partial charge is 0.352 e. The summed E-state index contributed by atoms with van der Waals surface area (Å²) in [6.07, 6.45) is 5.38. The van der Waals surface area contributed by atoms with E-state index >= 15 is 0 Å². The number of nitrogens with one attached hydrogen (secondary N) is 3. The summed E-state index contributed by atoms with van der Waals surface area (Å²) in [5, 5.41) is 3.45. The van der Waals surface area contributed by atoms with Gasteiger partial charge in [-0.15, -0.1) is 0 Å². The van der Waals surface area contributed by atoms with Crippen molar-refractivity contribution in [2.75, 3.05) is 6.54 Å². The summed E-state index contributed by atoms with van der Waals surface area (Å²) in [7, 11) is -13.6. The predicted molar refractivity (Wildman–Crippen MR) is 243 cm³/mol. The molecule has 1 amide bonds. The van der Waals surface area contributed by atoms with Gasteiger partial charge in [-0.1, -0.05) is 24.3 Å². The average molecular weight is 949 g/mol. The molecule has 8 bridgehead atoms. The number of aromatic amines is 2. The molecule has 8 N–H and O–H groups in total. The Morgan fingerprint density at radius 1 is 0.667 bits per heavy atom. The van der Waals surface area contributed by atoms with Gasteiger partial charge in [0, 0.05) is 73.9 Å². The lowest BCUT2D eigenvalue weighted by Crippen LogP contribution is -2.25. The fourth-order valence-corrected chi connectivity index (χ4v) is 9.79. The number of unbranched alkanes of at least 4 members (excludes halogenated alkanes) is 1. The van der Waals surface area contributed by atoms with E-state index in [0.29, 0.717) is 40.6 Å². The van der Waals surface area contributed by atoms with Gasteiger partial charge in [-0.2, -0.15) is 16.8 Å². The molecule has 0 atom stereocenters. The highest BCUT2D eigenvalue weighted by atomic mass is 32.3. The second-order valence-corrected chi connectivity index (χ2v) is 20.2. The van der Waals surface area contributed by atoms with Gasteiger partial charge >= 0.3 is 0 Å². The maximum Gasteiger partial charge on any atom is 0.294 e. The molecule has 23 heteroatoms. The van der Waals surface area contributed by atoms with E-state index < -0.39 is 46.8 Å². The van der Waals surface area contributed by atoms with Gasteiger partial charge in [-0.05, 0) is 86.7 Å². The van der Waals surface area contributed by atoms with Crippen LogP contribution in [0.4, 0.5) is 0 Å². The molecule has 6 heterocycles. The van der Waals surface area contributed by atoms with Crippen LogP contribution >= 0.6 is 10.9 Å². The van der Waals surface area contributed by atoms with E-state index in [0.717, 1.165) is 36.2 Å². The third kappa shape index (κ3) is 8.00. The molecule has 0 unspecified atom stereocenters. The van der Waals surface area contributed by atoms with Gasteiger partial charge in [0.2, 0.25) is 0 Å². The second kappa shape index (κ2) is 16.0. The van der Waals surface area contributed by atoms with E-state index in [-0.39, 0.29) is 85.7 Å². The molecule has 0 saturated carbocycles. The Kier molecular flexibility index (Phi) is 10.4. The Balaban J connectivity index is 1.21. The lowest BCUT2D eigenvalue weighted by Gasteiger charge is -2.25. The fourth-order valence-electron chi connectivity index (χ4n) is 8.13. The smallest absolute Gasteiger partial charge is 0.294 e. The van der Waals surface area contributed by atoms with Crippen LogP contribution in [0.2, 0.25) is 0 Å². The second-order valence-electron chi connectivity index (χ2n) is 15.8. The average Bonchev–Trinajstić information content (AvgIpc) is 4.01. The monoisotopic (exact) mass is 948 g/mol. The molecule has 20 nitrogen and oxygen atoms in total. The SMILES string of the molecule is Cc1ccc(CCCCNC(=O)c2cccc3c2-c2nc-3nc3[nH]c(nc4nc(nc5[nH]c(n2)c2ccc(S(=O)(=O)O)cc52)-c2cc(S(=O)(=O)O)ccc2-4)c2c3CC=C(S(O)(O)O)C2)nc1. The number of rotatable bonds is 9. The van der Waals surface area contributed by atoms with Crippen LogP contribution in [0.1, 0.15) is 45.6 Å². The number of carbonyl (C=O) groups is 1. The van der Waals surface area contributed by atoms with Crippen molar-refractivity contribution >= 4 is 70.4 Å². The molecule has 4 aromatic heterocycles. The first-order valence-electron chi connectivity index (χ1n) is 20.2. The van der Waals surface area contributed by atoms with Gasteiger partial charge in [-0.3, -0.25) is 18.9 Å². The summed E-state index contributed by atoms with van der Waals surface area (Å²) in [5.41, 5.74) is 4.82. The van der Waals surface area contributed by atoms with Crippen molar-refractivity contribution in [2.24, 2.45) is 0 Å². The van der Waals surface area contributed by atoms with E-state index in [1.807, 2.05) is 25.3 Å². The molecule has 7 aromatic rings. The Labute approximate surface area is 376 Å². The molecule has 0 spiro atoms. The summed E-state index contributed by atoms with van der Waals surface area (Å²) in [6.45, 7) is 2.32. The molecule has 0 fully saturated rings. The normalized spacial score (nSPS) is 13.8. The van der Waals surface area contributed by atoms with E-state index in [9.17, 15) is 44.4 Å². The number of H-pyrrole nitrogens is 2. The van der Waals surface area contributed by atoms with E-state index in [1.54, 1.807) is 18.2 Å². The van der Waals surface area contributed by atoms with Crippen LogP contribution in [0.15, 0.2) is 93.7 Å². The predicted octanol–water partition coefficient (Wildman–Crippen LogP) is 6.87. The standard InChI is InChI=1S/C43H36N10O10S3/c1-21-8-9-22(45-20-21)5-2-3-16-44-43(54)30-7-4-6-29-34(30)42-52-37-28-15-12-25(66(61,62)63)19-33(28)41(50-37)51-40-32-18-24(65(58,59)60)11-14-27(32)36(49-40)48-39-31-17-23(64(55,56)57)10-13-26(31)35(47-39)46-38(29)53-42/h4,6-12,14-15,18-20,55-57H,2-3,5,13,16-17H2,1H3,(H,44,54)(H,58,59,60)(H,61,62,63)(H2,46,47,48,49,50,51,52,53). The number of fused-ring (bicyclic) bond motifs is 20. The Bertz CT molecular complexity index is 3660. The van der Waals surface area contributed by atoms with Gasteiger partial charge in [-0.25, -0.2) is 29.9 Å². The maximum absolute atomic E-state index is 14.1. The van der Waals surface area contributed by atoms with Crippen LogP contribution in [0.3, 0.4) is 0 Å². The zero-order valence-corrected chi connectivity index (χ0v) is 36.8. The summed E-state index contributed by atoms with van der Waals surface area (Å²) in [5.74, 6) is -0.357. The van der Waals surface area contributed by atoms with Crippen molar-refractivity contribution in [3.8, 4) is 45.6 Å². The van der Waals surface area contributed by atoms with Gasteiger partial charge in [0.1, 0.15) is 33.5 Å². The van der Waals surface area contributed by atoms with Crippen molar-refractivity contribution < 1.29 is 44.4 Å². The van der Waals surface area contributed by atoms with E-state index in [2.05, 4.69) is 25.3 Å². The summed E-state index contributed by atoms with van der Waals surface area (Å²) in [4.78, 5) is 52.7. The third-order valence-electron chi connectivity index (χ3n) is 11.4. The van der Waals surface area contributed by atoms with Gasteiger partial charge in [0.05, 0.1) is 15.4 Å². The van der Waals surface area contributed by atoms with Gasteiger partial charge < -0.3 is 28.9 Å². The Morgan fingerprint density at radius 2 is 1.32 bits per heavy atom. The van der Waals surface area contributed by atoms with Crippen molar-refractivity contribution in [1.82, 2.24) is 50.2 Å². The number of hydrogen-bond acceptors (Lipinski definition) is 15. The maximum atomic E-state index is 14.1. The topological polar surface area (TPSA) is 320 Å². The van der Waals surface area contributed by atoms with Crippen molar-refractivity contribution in [3.05, 3.63) is 112 Å². The minimum absolute atomic E-state index is 0.00100. The first-order valence-corrected chi connectivity index (χ1v) is 24.6. The van der Waals surface area contributed by atoms with Gasteiger partial charge in [0.25, 0.3) is 26.1 Å². The number of nitrogens with zero attached hydrogens (tertiary/aromatic N) is 7. The van der Waals surface area contributed by atoms with Crippen molar-refractivity contribution in [2.45, 2.75) is 48.8 Å². The molecule has 336 valence electrons. The zero-order chi connectivity index (χ0) is 46.3. The number of amides is 1. The number of aromatic nitrogens is 9. The van der Waals surface area contributed by atoms with Crippen molar-refractivity contribution in [3.63, 3.8) is 0 Å². The molecule has 0 saturated heterocycles. The Morgan fingerprint density at radius 3 is 2.06 bits per heavy atom. The zero-order valence-electron chi connectivity index (χ0n) is 34.4. The van der Waals surface area contributed by atoms with Crippen LogP contribution in [0, 0.1) is 6.92 Å². The number of pyridine rings is 1. The Hall–Kier alpha value is -6.83. The van der Waals surface area contributed by atoms with E-state index in [4.69, 9.17) is 24.9 Å². The van der Waals surface area contributed by atoms with Crippen LogP contribution < -0.4 is 5.32 Å². The fraction of sp³-hybridized carbons (Fsp3) is 0.163. The molecule has 2 aliphatic heterocycles. The minimum Gasteiger partial charge on any atom is -0.352 e. The minimum atomic E-state index is -4.74. The van der Waals surface area contributed by atoms with Gasteiger partial charge in [0.15, 0.2) is 23.3 Å². The lowest BCUT2D eigenvalue weighted by atomic mass is 10.00.